The first-order valence-corrected chi connectivity index (χ1v) is 6.89. The van der Waals surface area contributed by atoms with E-state index in [0.717, 1.165) is 16.6 Å². The fourth-order valence-electron chi connectivity index (χ4n) is 1.36. The Morgan fingerprint density at radius 1 is 1.28 bits per heavy atom. The summed E-state index contributed by atoms with van der Waals surface area (Å²) in [6.45, 7) is 3.27. The topological polar surface area (TPSA) is 26.3 Å². The summed E-state index contributed by atoms with van der Waals surface area (Å²) < 4.78 is 6.05. The summed E-state index contributed by atoms with van der Waals surface area (Å²) in [5.74, 6) is -0.229. The quantitative estimate of drug-likeness (QED) is 0.474. The van der Waals surface area contributed by atoms with E-state index in [0.29, 0.717) is 6.61 Å². The van der Waals surface area contributed by atoms with E-state index in [-0.39, 0.29) is 10.8 Å². The highest BCUT2D eigenvalue weighted by atomic mass is 79.9. The molecule has 0 aliphatic rings. The van der Waals surface area contributed by atoms with Crippen LogP contribution in [0.1, 0.15) is 16.0 Å². The molecule has 0 aliphatic heterocycles. The highest BCUT2D eigenvalue weighted by Crippen LogP contribution is 2.24. The summed E-state index contributed by atoms with van der Waals surface area (Å²) in [5.41, 5.74) is 2.10. The predicted molar refractivity (Wildman–Crippen MR) is 76.7 cm³/mol. The maximum absolute atomic E-state index is 11.8. The number of carbonyl (C=O) groups excluding carboxylic acids is 1. The van der Waals surface area contributed by atoms with Crippen molar-refractivity contribution in [3.05, 3.63) is 35.4 Å². The smallest absolute Gasteiger partial charge is 0.324 e. The number of aryl methyl sites for hydroxylation is 1. The van der Waals surface area contributed by atoms with Gasteiger partial charge in [0.2, 0.25) is 0 Å². The number of nitrogens with zero attached hydrogens (tertiary/aromatic N) is 1. The number of hydrogen-bond acceptors (Lipinski definition) is 2. The van der Waals surface area contributed by atoms with Crippen molar-refractivity contribution in [2.45, 2.75) is 11.8 Å². The molecule has 4 heteroatoms. The lowest BCUT2D eigenvalue weighted by Gasteiger charge is -2.23. The van der Waals surface area contributed by atoms with E-state index in [1.165, 1.54) is 5.56 Å². The van der Waals surface area contributed by atoms with Gasteiger partial charge in [-0.1, -0.05) is 45.8 Å². The monoisotopic (exact) mass is 314 g/mol. The number of ether oxygens (including phenoxy) is 1. The van der Waals surface area contributed by atoms with Crippen molar-refractivity contribution in [1.29, 1.82) is 0 Å². The van der Waals surface area contributed by atoms with E-state index in [9.17, 15) is 4.79 Å². The number of esters is 1. The Balaban J connectivity index is 2.49. The number of hydrogen-bond donors (Lipinski definition) is 0. The van der Waals surface area contributed by atoms with E-state index in [1.807, 2.05) is 31.2 Å². The zero-order valence-electron chi connectivity index (χ0n) is 11.4. The summed E-state index contributed by atoms with van der Waals surface area (Å²) in [4.78, 5) is 11.5. The molecule has 0 aromatic heterocycles. The third-order valence-electron chi connectivity index (χ3n) is 2.58. The van der Waals surface area contributed by atoms with Gasteiger partial charge in [0.15, 0.2) is 0 Å². The Kier molecular flexibility index (Phi) is 5.35. The van der Waals surface area contributed by atoms with Crippen molar-refractivity contribution in [1.82, 2.24) is 0 Å². The molecule has 0 fully saturated rings. The van der Waals surface area contributed by atoms with E-state index in [2.05, 4.69) is 37.1 Å². The Hall–Kier alpha value is -0.870. The molecule has 0 aliphatic carbocycles. The van der Waals surface area contributed by atoms with Gasteiger partial charge in [-0.25, -0.2) is 0 Å². The molecule has 0 saturated carbocycles. The minimum atomic E-state index is -0.384. The van der Waals surface area contributed by atoms with Gasteiger partial charge in [-0.15, -0.1) is 0 Å². The van der Waals surface area contributed by atoms with E-state index < -0.39 is 0 Å². The van der Waals surface area contributed by atoms with Crippen LogP contribution in [-0.4, -0.2) is 44.7 Å². The fourth-order valence-corrected chi connectivity index (χ4v) is 1.80. The third-order valence-corrected chi connectivity index (χ3v) is 3.49. The summed E-state index contributed by atoms with van der Waals surface area (Å²) >= 11 is 3.38. The molecule has 1 atom stereocenters. The van der Waals surface area contributed by atoms with Crippen LogP contribution in [0.5, 0.6) is 0 Å². The maximum atomic E-state index is 11.8. The second-order valence-electron chi connectivity index (χ2n) is 5.45. The Bertz CT molecular complexity index is 395. The van der Waals surface area contributed by atoms with Crippen LogP contribution >= 0.6 is 15.9 Å². The van der Waals surface area contributed by atoms with Crippen molar-refractivity contribution < 1.29 is 14.0 Å². The molecule has 3 nitrogen and oxygen atoms in total. The van der Waals surface area contributed by atoms with Crippen LogP contribution in [0, 0.1) is 6.92 Å². The van der Waals surface area contributed by atoms with Gasteiger partial charge < -0.3 is 9.22 Å². The molecular formula is C14H21BrNO2+. The SMILES string of the molecule is Cc1ccc(C(Br)C(=O)OCC[N+](C)(C)C)cc1. The number of carbonyl (C=O) groups is 1. The minimum Gasteiger partial charge on any atom is -0.459 e. The summed E-state index contributed by atoms with van der Waals surface area (Å²) in [7, 11) is 6.21. The molecule has 0 amide bonds. The standard InChI is InChI=1S/C14H21BrNO2/c1-11-5-7-12(8-6-11)13(15)14(17)18-10-9-16(2,3)4/h5-8,13H,9-10H2,1-4H3/q+1. The van der Waals surface area contributed by atoms with Gasteiger partial charge in [0.1, 0.15) is 18.0 Å². The maximum Gasteiger partial charge on any atom is 0.324 e. The van der Waals surface area contributed by atoms with Gasteiger partial charge in [-0.2, -0.15) is 0 Å². The molecule has 100 valence electrons. The lowest BCUT2D eigenvalue weighted by molar-refractivity contribution is -0.870. The number of likely N-dealkylation sites (N-methyl/N-ethyl adjacent to an activating group) is 1. The van der Waals surface area contributed by atoms with Gasteiger partial charge in [0.05, 0.1) is 21.1 Å². The first-order chi connectivity index (χ1) is 8.29. The van der Waals surface area contributed by atoms with Gasteiger partial charge >= 0.3 is 5.97 Å². The lowest BCUT2D eigenvalue weighted by Crippen LogP contribution is -2.38. The van der Waals surface area contributed by atoms with Crippen LogP contribution in [0.4, 0.5) is 0 Å². The average Bonchev–Trinajstić information content (AvgIpc) is 2.27. The predicted octanol–water partition coefficient (Wildman–Crippen LogP) is 2.68. The van der Waals surface area contributed by atoms with Crippen LogP contribution in [0.3, 0.4) is 0 Å². The Morgan fingerprint density at radius 3 is 2.33 bits per heavy atom. The van der Waals surface area contributed by atoms with Gasteiger partial charge in [0, 0.05) is 0 Å². The average molecular weight is 315 g/mol. The van der Waals surface area contributed by atoms with Crippen molar-refractivity contribution in [3.63, 3.8) is 0 Å². The summed E-state index contributed by atoms with van der Waals surface area (Å²) in [6, 6.07) is 7.86. The number of rotatable bonds is 5. The zero-order valence-corrected chi connectivity index (χ0v) is 13.0. The van der Waals surface area contributed by atoms with Crippen molar-refractivity contribution >= 4 is 21.9 Å². The van der Waals surface area contributed by atoms with Crippen molar-refractivity contribution in [3.8, 4) is 0 Å². The van der Waals surface area contributed by atoms with Gasteiger partial charge in [-0.05, 0) is 12.5 Å². The first-order valence-electron chi connectivity index (χ1n) is 5.97. The molecule has 0 bridgehead atoms. The molecule has 1 unspecified atom stereocenters. The first kappa shape index (κ1) is 15.2. The van der Waals surface area contributed by atoms with Crippen LogP contribution in [0.25, 0.3) is 0 Å². The van der Waals surface area contributed by atoms with Crippen LogP contribution in [-0.2, 0) is 9.53 Å². The largest absolute Gasteiger partial charge is 0.459 e. The molecule has 0 saturated heterocycles. The third kappa shape index (κ3) is 5.19. The number of quaternary nitrogens is 1. The second-order valence-corrected chi connectivity index (χ2v) is 6.37. The van der Waals surface area contributed by atoms with Crippen LogP contribution < -0.4 is 0 Å². The van der Waals surface area contributed by atoms with Gasteiger partial charge in [0.25, 0.3) is 0 Å². The van der Waals surface area contributed by atoms with Crippen LogP contribution in [0.2, 0.25) is 0 Å². The second kappa shape index (κ2) is 6.34. The number of halogens is 1. The minimum absolute atomic E-state index is 0.229. The molecule has 0 spiro atoms. The van der Waals surface area contributed by atoms with E-state index in [4.69, 9.17) is 4.74 Å². The number of benzene rings is 1. The molecule has 1 aromatic rings. The highest BCUT2D eigenvalue weighted by Gasteiger charge is 2.19. The molecule has 0 heterocycles. The van der Waals surface area contributed by atoms with E-state index in [1.54, 1.807) is 0 Å². The van der Waals surface area contributed by atoms with Crippen molar-refractivity contribution in [2.75, 3.05) is 34.3 Å². The summed E-state index contributed by atoms with van der Waals surface area (Å²) in [5, 5.41) is 0. The number of alkyl halides is 1. The van der Waals surface area contributed by atoms with Gasteiger partial charge in [-0.3, -0.25) is 4.79 Å². The summed E-state index contributed by atoms with van der Waals surface area (Å²) in [6.07, 6.45) is 0. The zero-order chi connectivity index (χ0) is 13.8. The van der Waals surface area contributed by atoms with E-state index >= 15 is 0 Å². The Labute approximate surface area is 117 Å². The molecule has 0 radical (unpaired) electrons. The lowest BCUT2D eigenvalue weighted by atomic mass is 10.1. The Morgan fingerprint density at radius 2 is 1.83 bits per heavy atom. The van der Waals surface area contributed by atoms with Crippen LogP contribution in [0.15, 0.2) is 24.3 Å². The molecule has 18 heavy (non-hydrogen) atoms. The highest BCUT2D eigenvalue weighted by molar-refractivity contribution is 9.09. The molecular weight excluding hydrogens is 294 g/mol. The molecule has 0 N–H and O–H groups in total. The molecule has 1 rings (SSSR count). The normalized spacial score (nSPS) is 13.2. The molecule has 1 aromatic carbocycles. The fraction of sp³-hybridized carbons (Fsp3) is 0.500. The van der Waals surface area contributed by atoms with Crippen molar-refractivity contribution in [2.24, 2.45) is 0 Å².